The number of ether oxygens (including phenoxy) is 1. The van der Waals surface area contributed by atoms with Gasteiger partial charge in [0.15, 0.2) is 0 Å². The van der Waals surface area contributed by atoms with Crippen molar-refractivity contribution in [3.63, 3.8) is 0 Å². The van der Waals surface area contributed by atoms with Crippen molar-refractivity contribution in [1.82, 2.24) is 14.8 Å². The Morgan fingerprint density at radius 3 is 2.08 bits per heavy atom. The molecule has 5 aromatic carbocycles. The molecule has 7 rings (SSSR count). The van der Waals surface area contributed by atoms with Crippen LogP contribution in [0, 0.1) is 0 Å². The number of hydrogen-bond donors (Lipinski definition) is 0. The summed E-state index contributed by atoms with van der Waals surface area (Å²) >= 11 is 0. The molecule has 0 saturated carbocycles. The van der Waals surface area contributed by atoms with Crippen LogP contribution in [0.15, 0.2) is 132 Å². The Hall–Kier alpha value is -5.42. The number of benzene rings is 5. The summed E-state index contributed by atoms with van der Waals surface area (Å²) in [5.41, 5.74) is 7.22. The Labute approximate surface area is 231 Å². The van der Waals surface area contributed by atoms with Gasteiger partial charge in [0.05, 0.1) is 11.0 Å². The van der Waals surface area contributed by atoms with E-state index in [1.807, 2.05) is 60.7 Å². The lowest BCUT2D eigenvalue weighted by Crippen LogP contribution is -1.95. The maximum Gasteiger partial charge on any atom is 0.248 e. The van der Waals surface area contributed by atoms with Crippen LogP contribution in [0.4, 0.5) is 0 Å². The summed E-state index contributed by atoms with van der Waals surface area (Å²) in [5, 5.41) is 11.1. The quantitative estimate of drug-likeness (QED) is 0.211. The van der Waals surface area contributed by atoms with Gasteiger partial charge >= 0.3 is 0 Å². The van der Waals surface area contributed by atoms with Crippen LogP contribution in [0.25, 0.3) is 56.5 Å². The molecule has 5 heteroatoms. The Bertz CT molecular complexity index is 1930. The van der Waals surface area contributed by atoms with Gasteiger partial charge < -0.3 is 13.7 Å². The summed E-state index contributed by atoms with van der Waals surface area (Å²) in [4.78, 5) is 0. The third-order valence-corrected chi connectivity index (χ3v) is 7.05. The van der Waals surface area contributed by atoms with E-state index in [1.54, 1.807) is 0 Å². The molecule has 192 valence electrons. The number of fused-ring (bicyclic) bond motifs is 3. The van der Waals surface area contributed by atoms with E-state index in [-0.39, 0.29) is 0 Å². The highest BCUT2D eigenvalue weighted by Crippen LogP contribution is 2.33. The number of nitrogens with zero attached hydrogens (tertiary/aromatic N) is 3. The summed E-state index contributed by atoms with van der Waals surface area (Å²) in [6.07, 6.45) is 1.83. The van der Waals surface area contributed by atoms with Gasteiger partial charge in [-0.05, 0) is 71.8 Å². The van der Waals surface area contributed by atoms with E-state index in [0.29, 0.717) is 18.4 Å². The second-order valence-corrected chi connectivity index (χ2v) is 9.59. The van der Waals surface area contributed by atoms with Gasteiger partial charge in [-0.25, -0.2) is 0 Å². The molecular formula is C35H25N3O2. The number of para-hydroxylation sites is 2. The van der Waals surface area contributed by atoms with Gasteiger partial charge in [0.1, 0.15) is 12.4 Å². The highest BCUT2D eigenvalue weighted by molar-refractivity contribution is 6.09. The van der Waals surface area contributed by atoms with Gasteiger partial charge in [-0.2, -0.15) is 0 Å². The molecule has 40 heavy (non-hydrogen) atoms. The van der Waals surface area contributed by atoms with E-state index in [2.05, 4.69) is 88.1 Å². The van der Waals surface area contributed by atoms with Crippen LogP contribution in [0.5, 0.6) is 5.75 Å². The van der Waals surface area contributed by atoms with Crippen LogP contribution in [0.1, 0.15) is 11.1 Å². The van der Waals surface area contributed by atoms with E-state index < -0.39 is 0 Å². The fraction of sp³-hybridized carbons (Fsp3) is 0.0286. The van der Waals surface area contributed by atoms with Crippen LogP contribution < -0.4 is 4.74 Å². The lowest BCUT2D eigenvalue weighted by Gasteiger charge is -2.08. The zero-order chi connectivity index (χ0) is 26.9. The molecule has 0 amide bonds. The molecule has 0 aliphatic heterocycles. The summed E-state index contributed by atoms with van der Waals surface area (Å²) in [6, 6.07) is 41.0. The standard InChI is InChI=1S/C35H25N3O2/c1-2-24-9-7-10-25(21-24)23-39-29-12-8-11-27(22-29)35-37-36-34(40-35)26-17-19-28(20-18-26)38-32-15-5-3-13-30(32)31-14-4-6-16-33(31)38/h2-22H,1,23H2. The van der Waals surface area contributed by atoms with E-state index in [4.69, 9.17) is 9.15 Å². The Kier molecular flexibility index (Phi) is 5.94. The van der Waals surface area contributed by atoms with Crippen molar-refractivity contribution in [1.29, 1.82) is 0 Å². The SMILES string of the molecule is C=Cc1cccc(COc2cccc(-c3nnc(-c4ccc(-n5c6ccccc6c6ccccc65)cc4)o3)c2)c1. The number of aromatic nitrogens is 3. The Balaban J connectivity index is 1.13. The fourth-order valence-corrected chi connectivity index (χ4v) is 5.11. The van der Waals surface area contributed by atoms with Gasteiger partial charge in [0.25, 0.3) is 0 Å². The van der Waals surface area contributed by atoms with E-state index >= 15 is 0 Å². The molecule has 0 saturated heterocycles. The highest BCUT2D eigenvalue weighted by atomic mass is 16.5. The first-order chi connectivity index (χ1) is 19.8. The number of rotatable bonds is 7. The molecule has 0 spiro atoms. The molecule has 0 radical (unpaired) electrons. The van der Waals surface area contributed by atoms with Crippen LogP contribution in [-0.2, 0) is 6.61 Å². The van der Waals surface area contributed by atoms with Gasteiger partial charge in [-0.15, -0.1) is 10.2 Å². The first-order valence-electron chi connectivity index (χ1n) is 13.1. The zero-order valence-corrected chi connectivity index (χ0v) is 21.7. The van der Waals surface area contributed by atoms with Gasteiger partial charge in [-0.3, -0.25) is 0 Å². The Morgan fingerprint density at radius 1 is 0.675 bits per heavy atom. The van der Waals surface area contributed by atoms with E-state index in [9.17, 15) is 0 Å². The second kappa shape index (κ2) is 10.0. The molecule has 0 N–H and O–H groups in total. The number of hydrogen-bond acceptors (Lipinski definition) is 4. The maximum absolute atomic E-state index is 6.08. The highest BCUT2D eigenvalue weighted by Gasteiger charge is 2.14. The average molecular weight is 520 g/mol. The van der Waals surface area contributed by atoms with Crippen molar-refractivity contribution in [3.05, 3.63) is 139 Å². The predicted octanol–water partition coefficient (Wildman–Crippen LogP) is 8.72. The molecule has 0 aliphatic rings. The van der Waals surface area contributed by atoms with Gasteiger partial charge in [0, 0.05) is 27.6 Å². The molecular weight excluding hydrogens is 494 g/mol. The normalized spacial score (nSPS) is 11.2. The summed E-state index contributed by atoms with van der Waals surface area (Å²) in [7, 11) is 0. The monoisotopic (exact) mass is 519 g/mol. The third-order valence-electron chi connectivity index (χ3n) is 7.05. The van der Waals surface area contributed by atoms with Crippen LogP contribution in [0.3, 0.4) is 0 Å². The first kappa shape index (κ1) is 23.7. The minimum Gasteiger partial charge on any atom is -0.489 e. The lowest BCUT2D eigenvalue weighted by atomic mass is 10.1. The second-order valence-electron chi connectivity index (χ2n) is 9.59. The fourth-order valence-electron chi connectivity index (χ4n) is 5.11. The molecule has 0 bridgehead atoms. The molecule has 0 fully saturated rings. The zero-order valence-electron chi connectivity index (χ0n) is 21.7. The topological polar surface area (TPSA) is 53.1 Å². The minimum atomic E-state index is 0.445. The average Bonchev–Trinajstić information content (AvgIpc) is 3.64. The third kappa shape index (κ3) is 4.33. The van der Waals surface area contributed by atoms with Crippen LogP contribution in [-0.4, -0.2) is 14.8 Å². The van der Waals surface area contributed by atoms with Gasteiger partial charge in [0.2, 0.25) is 11.8 Å². The van der Waals surface area contributed by atoms with Crippen molar-refractivity contribution in [2.45, 2.75) is 6.61 Å². The van der Waals surface area contributed by atoms with Crippen molar-refractivity contribution in [2.24, 2.45) is 0 Å². The molecule has 2 heterocycles. The summed E-state index contributed by atoms with van der Waals surface area (Å²) in [5.74, 6) is 1.65. The smallest absolute Gasteiger partial charge is 0.248 e. The lowest BCUT2D eigenvalue weighted by molar-refractivity contribution is 0.306. The minimum absolute atomic E-state index is 0.445. The Morgan fingerprint density at radius 2 is 1.35 bits per heavy atom. The molecule has 0 atom stereocenters. The van der Waals surface area contributed by atoms with E-state index in [0.717, 1.165) is 33.7 Å². The van der Waals surface area contributed by atoms with Crippen molar-refractivity contribution in [2.75, 3.05) is 0 Å². The van der Waals surface area contributed by atoms with Crippen molar-refractivity contribution < 1.29 is 9.15 Å². The molecule has 0 aliphatic carbocycles. The van der Waals surface area contributed by atoms with Gasteiger partial charge in [-0.1, -0.05) is 73.3 Å². The van der Waals surface area contributed by atoms with E-state index in [1.165, 1.54) is 21.8 Å². The first-order valence-corrected chi connectivity index (χ1v) is 13.1. The predicted molar refractivity (Wildman–Crippen MR) is 160 cm³/mol. The largest absolute Gasteiger partial charge is 0.489 e. The molecule has 0 unspecified atom stereocenters. The van der Waals surface area contributed by atoms with Crippen molar-refractivity contribution >= 4 is 27.9 Å². The summed E-state index contributed by atoms with van der Waals surface area (Å²) in [6.45, 7) is 4.29. The van der Waals surface area contributed by atoms with Crippen LogP contribution >= 0.6 is 0 Å². The molecule has 7 aromatic rings. The summed E-state index contributed by atoms with van der Waals surface area (Å²) < 4.78 is 14.4. The molecule has 2 aromatic heterocycles. The van der Waals surface area contributed by atoms with Crippen molar-refractivity contribution in [3.8, 4) is 34.3 Å². The van der Waals surface area contributed by atoms with Crippen LogP contribution in [0.2, 0.25) is 0 Å². The maximum atomic E-state index is 6.08. The molecule has 5 nitrogen and oxygen atoms in total.